The summed E-state index contributed by atoms with van der Waals surface area (Å²) in [6, 6.07) is 20.9. The van der Waals surface area contributed by atoms with Crippen LogP contribution >= 0.6 is 0 Å². The molecule has 7 heteroatoms. The topological polar surface area (TPSA) is 73.7 Å². The molecule has 0 fully saturated rings. The lowest BCUT2D eigenvalue weighted by atomic mass is 10.1. The van der Waals surface area contributed by atoms with Crippen molar-refractivity contribution < 1.29 is 14.3 Å². The first-order valence-electron chi connectivity index (χ1n) is 10.5. The number of hydrogen-bond acceptors (Lipinski definition) is 5. The number of benzene rings is 3. The monoisotopic (exact) mass is 443 g/mol. The van der Waals surface area contributed by atoms with Gasteiger partial charge in [0, 0.05) is 12.6 Å². The molecule has 1 unspecified atom stereocenters. The molecule has 33 heavy (non-hydrogen) atoms. The van der Waals surface area contributed by atoms with Crippen LogP contribution in [0.3, 0.4) is 0 Å². The van der Waals surface area contributed by atoms with Gasteiger partial charge in [0.1, 0.15) is 17.3 Å². The number of para-hydroxylation sites is 1. The zero-order chi connectivity index (χ0) is 23.5. The Bertz CT molecular complexity index is 1360. The maximum Gasteiger partial charge on any atom is 0.266 e. The number of amides is 1. The Hall–Kier alpha value is -4.13. The van der Waals surface area contributed by atoms with Crippen LogP contribution in [0.4, 0.5) is 0 Å². The van der Waals surface area contributed by atoms with Crippen molar-refractivity contribution in [2.45, 2.75) is 13.0 Å². The highest BCUT2D eigenvalue weighted by Gasteiger charge is 2.25. The molecule has 0 radical (unpaired) electrons. The van der Waals surface area contributed by atoms with E-state index in [9.17, 15) is 9.59 Å². The van der Waals surface area contributed by atoms with Crippen molar-refractivity contribution in [3.63, 3.8) is 0 Å². The average molecular weight is 444 g/mol. The fourth-order valence-corrected chi connectivity index (χ4v) is 3.72. The van der Waals surface area contributed by atoms with E-state index in [4.69, 9.17) is 14.5 Å². The molecule has 0 aliphatic carbocycles. The maximum atomic E-state index is 13.5. The number of carbonyl (C=O) groups is 1. The third kappa shape index (κ3) is 4.17. The summed E-state index contributed by atoms with van der Waals surface area (Å²) in [6.07, 6.45) is 0. The summed E-state index contributed by atoms with van der Waals surface area (Å²) in [5.74, 6) is 1.54. The van der Waals surface area contributed by atoms with Gasteiger partial charge in [-0.2, -0.15) is 0 Å². The summed E-state index contributed by atoms with van der Waals surface area (Å²) < 4.78 is 12.1. The molecule has 0 saturated heterocycles. The lowest BCUT2D eigenvalue weighted by Gasteiger charge is -2.27. The molecule has 0 N–H and O–H groups in total. The van der Waals surface area contributed by atoms with Crippen LogP contribution in [0.25, 0.3) is 16.6 Å². The number of nitrogens with zero attached hydrogens (tertiary/aromatic N) is 3. The summed E-state index contributed by atoms with van der Waals surface area (Å²) in [6.45, 7) is 1.86. The first-order chi connectivity index (χ1) is 15.9. The van der Waals surface area contributed by atoms with Gasteiger partial charge in [0.15, 0.2) is 0 Å². The quantitative estimate of drug-likeness (QED) is 0.446. The van der Waals surface area contributed by atoms with Crippen LogP contribution in [0.15, 0.2) is 77.6 Å². The van der Waals surface area contributed by atoms with Gasteiger partial charge < -0.3 is 14.4 Å². The van der Waals surface area contributed by atoms with Gasteiger partial charge in [0.05, 0.1) is 36.9 Å². The number of fused-ring (bicyclic) bond motifs is 1. The Morgan fingerprint density at radius 3 is 2.33 bits per heavy atom. The third-order valence-electron chi connectivity index (χ3n) is 5.72. The minimum absolute atomic E-state index is 0.199. The molecule has 4 rings (SSSR count). The highest BCUT2D eigenvalue weighted by atomic mass is 16.5. The van der Waals surface area contributed by atoms with E-state index in [-0.39, 0.29) is 11.5 Å². The largest absolute Gasteiger partial charge is 0.497 e. The van der Waals surface area contributed by atoms with Crippen LogP contribution in [0, 0.1) is 0 Å². The molecule has 168 valence electrons. The number of ether oxygens (including phenoxy) is 2. The van der Waals surface area contributed by atoms with Gasteiger partial charge in [-0.3, -0.25) is 14.2 Å². The molecule has 0 aliphatic heterocycles. The average Bonchev–Trinajstić information content (AvgIpc) is 2.87. The first-order valence-corrected chi connectivity index (χ1v) is 10.5. The molecule has 0 saturated carbocycles. The van der Waals surface area contributed by atoms with Crippen molar-refractivity contribution in [1.82, 2.24) is 14.5 Å². The van der Waals surface area contributed by atoms with E-state index in [0.717, 1.165) is 0 Å². The fraction of sp³-hybridized carbons (Fsp3) is 0.192. The summed E-state index contributed by atoms with van der Waals surface area (Å²) in [4.78, 5) is 33.1. The molecule has 0 aliphatic rings. The minimum Gasteiger partial charge on any atom is -0.497 e. The molecule has 1 heterocycles. The standard InChI is InChI=1S/C26H25N3O4/c1-17(28(2)25(30)18-8-7-9-21(16-18)33-4)24-27-23-11-6-5-10-22(23)26(31)29(24)19-12-14-20(32-3)15-13-19/h5-17H,1-4H3. The number of rotatable bonds is 6. The molecule has 7 nitrogen and oxygen atoms in total. The van der Waals surface area contributed by atoms with E-state index in [2.05, 4.69) is 0 Å². The van der Waals surface area contributed by atoms with Crippen LogP contribution in [-0.4, -0.2) is 41.6 Å². The van der Waals surface area contributed by atoms with E-state index in [0.29, 0.717) is 39.5 Å². The highest BCUT2D eigenvalue weighted by molar-refractivity contribution is 5.94. The van der Waals surface area contributed by atoms with Crippen molar-refractivity contribution in [2.24, 2.45) is 0 Å². The first kappa shape index (κ1) is 22.1. The molecule has 1 aromatic heterocycles. The van der Waals surface area contributed by atoms with Gasteiger partial charge in [-0.15, -0.1) is 0 Å². The normalized spacial score (nSPS) is 11.8. The zero-order valence-corrected chi connectivity index (χ0v) is 19.0. The summed E-state index contributed by atoms with van der Waals surface area (Å²) in [5.41, 5.74) is 1.51. The Labute approximate surface area is 191 Å². The van der Waals surface area contributed by atoms with E-state index in [1.54, 1.807) is 91.4 Å². The van der Waals surface area contributed by atoms with Crippen molar-refractivity contribution in [3.05, 3.63) is 94.5 Å². The molecular formula is C26H25N3O4. The molecule has 1 amide bonds. The molecule has 0 bridgehead atoms. The van der Waals surface area contributed by atoms with Crippen LogP contribution in [0.2, 0.25) is 0 Å². The highest BCUT2D eigenvalue weighted by Crippen LogP contribution is 2.25. The number of carbonyl (C=O) groups excluding carboxylic acids is 1. The lowest BCUT2D eigenvalue weighted by Crippen LogP contribution is -2.34. The molecule has 1 atom stereocenters. The van der Waals surface area contributed by atoms with Gasteiger partial charge in [-0.25, -0.2) is 4.98 Å². The van der Waals surface area contributed by atoms with Crippen LogP contribution < -0.4 is 15.0 Å². The van der Waals surface area contributed by atoms with E-state index >= 15 is 0 Å². The van der Waals surface area contributed by atoms with Gasteiger partial charge in [0.25, 0.3) is 11.5 Å². The van der Waals surface area contributed by atoms with Crippen molar-refractivity contribution >= 4 is 16.8 Å². The van der Waals surface area contributed by atoms with Crippen molar-refractivity contribution in [1.29, 1.82) is 0 Å². The second-order valence-corrected chi connectivity index (χ2v) is 7.65. The number of aromatic nitrogens is 2. The van der Waals surface area contributed by atoms with Gasteiger partial charge in [0.2, 0.25) is 0 Å². The molecule has 0 spiro atoms. The summed E-state index contributed by atoms with van der Waals surface area (Å²) >= 11 is 0. The molecule has 4 aromatic rings. The number of methoxy groups -OCH3 is 2. The van der Waals surface area contributed by atoms with Crippen LogP contribution in [-0.2, 0) is 0 Å². The Morgan fingerprint density at radius 1 is 0.939 bits per heavy atom. The third-order valence-corrected chi connectivity index (χ3v) is 5.72. The summed E-state index contributed by atoms with van der Waals surface area (Å²) in [5, 5.41) is 0.506. The maximum absolute atomic E-state index is 13.5. The minimum atomic E-state index is -0.497. The van der Waals surface area contributed by atoms with E-state index in [1.807, 2.05) is 19.1 Å². The number of hydrogen-bond donors (Lipinski definition) is 0. The van der Waals surface area contributed by atoms with Crippen molar-refractivity contribution in [3.8, 4) is 17.2 Å². The van der Waals surface area contributed by atoms with E-state index in [1.165, 1.54) is 0 Å². The second-order valence-electron chi connectivity index (χ2n) is 7.65. The zero-order valence-electron chi connectivity index (χ0n) is 19.0. The van der Waals surface area contributed by atoms with Crippen LogP contribution in [0.5, 0.6) is 11.5 Å². The summed E-state index contributed by atoms with van der Waals surface area (Å²) in [7, 11) is 4.85. The Morgan fingerprint density at radius 2 is 1.64 bits per heavy atom. The van der Waals surface area contributed by atoms with Gasteiger partial charge >= 0.3 is 0 Å². The van der Waals surface area contributed by atoms with Crippen LogP contribution in [0.1, 0.15) is 29.1 Å². The Kier molecular flexibility index (Phi) is 6.13. The predicted octanol–water partition coefficient (Wildman–Crippen LogP) is 4.24. The molecule has 3 aromatic carbocycles. The SMILES string of the molecule is COc1ccc(-n2c(C(C)N(C)C(=O)c3cccc(OC)c3)nc3ccccc3c2=O)cc1. The van der Waals surface area contributed by atoms with Crippen molar-refractivity contribution in [2.75, 3.05) is 21.3 Å². The van der Waals surface area contributed by atoms with Gasteiger partial charge in [-0.05, 0) is 61.5 Å². The fourth-order valence-electron chi connectivity index (χ4n) is 3.72. The Balaban J connectivity index is 1.84. The lowest BCUT2D eigenvalue weighted by molar-refractivity contribution is 0.0734. The molecular weight excluding hydrogens is 418 g/mol. The smallest absolute Gasteiger partial charge is 0.266 e. The second kappa shape index (κ2) is 9.16. The van der Waals surface area contributed by atoms with Gasteiger partial charge in [-0.1, -0.05) is 18.2 Å². The van der Waals surface area contributed by atoms with E-state index < -0.39 is 6.04 Å². The predicted molar refractivity (Wildman–Crippen MR) is 127 cm³/mol.